The van der Waals surface area contributed by atoms with Crippen molar-refractivity contribution >= 4 is 28.4 Å². The van der Waals surface area contributed by atoms with Gasteiger partial charge in [-0.3, -0.25) is 10.1 Å². The molecular weight excluding hydrogens is 250 g/mol. The molecule has 0 saturated heterocycles. The summed E-state index contributed by atoms with van der Waals surface area (Å²) < 4.78 is 0.674. The van der Waals surface area contributed by atoms with E-state index in [1.54, 1.807) is 12.4 Å². The molecule has 0 saturated carbocycles. The maximum atomic E-state index is 5.25. The van der Waals surface area contributed by atoms with Crippen molar-refractivity contribution in [2.75, 3.05) is 19.6 Å². The van der Waals surface area contributed by atoms with E-state index in [0.29, 0.717) is 4.20 Å². The number of rotatable bonds is 4. The van der Waals surface area contributed by atoms with Gasteiger partial charge < -0.3 is 4.90 Å². The van der Waals surface area contributed by atoms with Crippen molar-refractivity contribution in [3.8, 4) is 0 Å². The minimum absolute atomic E-state index is 0.674. The Morgan fingerprint density at radius 3 is 2.24 bits per heavy atom. The quantitative estimate of drug-likeness (QED) is 0.673. The molecule has 0 atom stereocenters. The Labute approximate surface area is 114 Å². The number of nitrogens with zero attached hydrogens (tertiary/aromatic N) is 2. The van der Waals surface area contributed by atoms with Crippen LogP contribution in [0.5, 0.6) is 0 Å². The molecule has 0 aromatic carbocycles. The standard InChI is InChI=1S/C6H6N2S2.C6H15N/c7-10-6(9)5-2-1-3-8-4-5;1-4-7(5-2)6-3/h1-4H,7H2;4-6H2,1-3H3. The Balaban J connectivity index is 0.000000325. The number of hydrogen-bond donors (Lipinski definition) is 1. The van der Waals surface area contributed by atoms with Gasteiger partial charge in [-0.1, -0.05) is 33.0 Å². The zero-order chi connectivity index (χ0) is 13.1. The maximum Gasteiger partial charge on any atom is 0.0943 e. The van der Waals surface area contributed by atoms with Crippen molar-refractivity contribution in [1.82, 2.24) is 9.88 Å². The largest absolute Gasteiger partial charge is 0.304 e. The zero-order valence-corrected chi connectivity index (χ0v) is 12.4. The maximum absolute atomic E-state index is 5.25. The summed E-state index contributed by atoms with van der Waals surface area (Å²) in [6.07, 6.45) is 3.40. The van der Waals surface area contributed by atoms with Crippen LogP contribution in [0.4, 0.5) is 0 Å². The molecule has 0 aliphatic heterocycles. The van der Waals surface area contributed by atoms with Crippen molar-refractivity contribution in [1.29, 1.82) is 0 Å². The fourth-order valence-electron chi connectivity index (χ4n) is 1.22. The summed E-state index contributed by atoms with van der Waals surface area (Å²) in [6, 6.07) is 3.72. The molecule has 0 bridgehead atoms. The molecule has 0 aliphatic rings. The van der Waals surface area contributed by atoms with Gasteiger partial charge in [0, 0.05) is 18.0 Å². The molecule has 0 aliphatic carbocycles. The zero-order valence-electron chi connectivity index (χ0n) is 10.7. The van der Waals surface area contributed by atoms with E-state index in [2.05, 4.69) is 30.7 Å². The summed E-state index contributed by atoms with van der Waals surface area (Å²) in [5.41, 5.74) is 0.907. The van der Waals surface area contributed by atoms with Gasteiger partial charge in [-0.15, -0.1) is 0 Å². The third-order valence-electron chi connectivity index (χ3n) is 2.35. The minimum Gasteiger partial charge on any atom is -0.304 e. The first-order valence-corrected chi connectivity index (χ1v) is 7.01. The van der Waals surface area contributed by atoms with Crippen LogP contribution in [-0.4, -0.2) is 33.7 Å². The van der Waals surface area contributed by atoms with E-state index in [1.807, 2.05) is 12.1 Å². The number of thiocarbonyl (C=S) groups is 1. The summed E-state index contributed by atoms with van der Waals surface area (Å²) in [4.78, 5) is 6.27. The Morgan fingerprint density at radius 1 is 1.35 bits per heavy atom. The Morgan fingerprint density at radius 2 is 1.94 bits per heavy atom. The third kappa shape index (κ3) is 7.44. The second-order valence-corrected chi connectivity index (χ2v) is 4.58. The highest BCUT2D eigenvalue weighted by molar-refractivity contribution is 8.22. The van der Waals surface area contributed by atoms with E-state index in [0.717, 1.165) is 17.5 Å². The molecule has 1 heterocycles. The summed E-state index contributed by atoms with van der Waals surface area (Å²) >= 11 is 5.99. The van der Waals surface area contributed by atoms with E-state index in [1.165, 1.54) is 19.6 Å². The van der Waals surface area contributed by atoms with Gasteiger partial charge in [0.25, 0.3) is 0 Å². The second kappa shape index (κ2) is 10.7. The van der Waals surface area contributed by atoms with Crippen LogP contribution in [0.1, 0.15) is 26.3 Å². The first-order valence-electron chi connectivity index (χ1n) is 5.72. The molecule has 0 amide bonds. The molecule has 0 radical (unpaired) electrons. The molecule has 1 aromatic rings. The van der Waals surface area contributed by atoms with Crippen LogP contribution >= 0.6 is 24.2 Å². The highest BCUT2D eigenvalue weighted by Crippen LogP contribution is 2.05. The lowest BCUT2D eigenvalue weighted by Crippen LogP contribution is -2.21. The number of hydrogen-bond acceptors (Lipinski definition) is 5. The van der Waals surface area contributed by atoms with Gasteiger partial charge in [-0.2, -0.15) is 0 Å². The minimum atomic E-state index is 0.674. The molecule has 0 unspecified atom stereocenters. The van der Waals surface area contributed by atoms with Crippen LogP contribution in [-0.2, 0) is 0 Å². The van der Waals surface area contributed by atoms with E-state index in [9.17, 15) is 0 Å². The molecule has 96 valence electrons. The van der Waals surface area contributed by atoms with Gasteiger partial charge in [0.2, 0.25) is 0 Å². The summed E-state index contributed by atoms with van der Waals surface area (Å²) in [5.74, 6) is 0. The van der Waals surface area contributed by atoms with Crippen molar-refractivity contribution in [3.63, 3.8) is 0 Å². The fourth-order valence-corrected chi connectivity index (χ4v) is 1.60. The SMILES string of the molecule is CCN(CC)CC.NSC(=S)c1cccnc1. The van der Waals surface area contributed by atoms with Crippen molar-refractivity contribution in [2.24, 2.45) is 5.14 Å². The molecule has 17 heavy (non-hydrogen) atoms. The van der Waals surface area contributed by atoms with Gasteiger partial charge >= 0.3 is 0 Å². The molecule has 1 rings (SSSR count). The van der Waals surface area contributed by atoms with Gasteiger partial charge in [0.1, 0.15) is 0 Å². The monoisotopic (exact) mass is 271 g/mol. The number of aromatic nitrogens is 1. The van der Waals surface area contributed by atoms with Crippen LogP contribution in [0, 0.1) is 0 Å². The molecule has 5 heteroatoms. The molecular formula is C12H21N3S2. The van der Waals surface area contributed by atoms with Crippen LogP contribution in [0.2, 0.25) is 0 Å². The van der Waals surface area contributed by atoms with Gasteiger partial charge in [0.05, 0.1) is 4.20 Å². The third-order valence-corrected chi connectivity index (χ3v) is 3.32. The molecule has 2 N–H and O–H groups in total. The average molecular weight is 271 g/mol. The van der Waals surface area contributed by atoms with Gasteiger partial charge in [-0.25, -0.2) is 0 Å². The molecule has 3 nitrogen and oxygen atoms in total. The molecule has 0 fully saturated rings. The van der Waals surface area contributed by atoms with Crippen LogP contribution in [0.3, 0.4) is 0 Å². The van der Waals surface area contributed by atoms with Crippen LogP contribution in [0.25, 0.3) is 0 Å². The summed E-state index contributed by atoms with van der Waals surface area (Å²) in [6.45, 7) is 10.1. The fraction of sp³-hybridized carbons (Fsp3) is 0.500. The van der Waals surface area contributed by atoms with Crippen molar-refractivity contribution in [2.45, 2.75) is 20.8 Å². The van der Waals surface area contributed by atoms with Crippen LogP contribution < -0.4 is 5.14 Å². The molecule has 0 spiro atoms. The van der Waals surface area contributed by atoms with Crippen molar-refractivity contribution < 1.29 is 0 Å². The topological polar surface area (TPSA) is 42.1 Å². The predicted molar refractivity (Wildman–Crippen MR) is 81.2 cm³/mol. The Bertz CT molecular complexity index is 294. The van der Waals surface area contributed by atoms with E-state index in [-0.39, 0.29) is 0 Å². The van der Waals surface area contributed by atoms with Crippen LogP contribution in [0.15, 0.2) is 24.5 Å². The van der Waals surface area contributed by atoms with Gasteiger partial charge in [-0.05, 0) is 43.7 Å². The summed E-state index contributed by atoms with van der Waals surface area (Å²) in [7, 11) is 0. The van der Waals surface area contributed by atoms with E-state index in [4.69, 9.17) is 17.4 Å². The lowest BCUT2D eigenvalue weighted by atomic mass is 10.3. The normalized spacial score (nSPS) is 9.71. The lowest BCUT2D eigenvalue weighted by molar-refractivity contribution is 0.321. The highest BCUT2D eigenvalue weighted by atomic mass is 32.2. The van der Waals surface area contributed by atoms with E-state index >= 15 is 0 Å². The highest BCUT2D eigenvalue weighted by Gasteiger charge is 1.96. The van der Waals surface area contributed by atoms with Gasteiger partial charge in [0.15, 0.2) is 0 Å². The van der Waals surface area contributed by atoms with E-state index < -0.39 is 0 Å². The lowest BCUT2D eigenvalue weighted by Gasteiger charge is -2.13. The first kappa shape index (κ1) is 16.5. The number of nitrogens with two attached hydrogens (primary N) is 1. The Kier molecular flexibility index (Phi) is 10.3. The predicted octanol–water partition coefficient (Wildman–Crippen LogP) is 2.71. The first-order chi connectivity index (χ1) is 8.19. The smallest absolute Gasteiger partial charge is 0.0943 e. The second-order valence-electron chi connectivity index (χ2n) is 3.27. The summed E-state index contributed by atoms with van der Waals surface area (Å²) in [5, 5.41) is 5.25. The van der Waals surface area contributed by atoms with Crippen molar-refractivity contribution in [3.05, 3.63) is 30.1 Å². The number of pyridine rings is 1. The Hall–Kier alpha value is -0.490. The molecule has 1 aromatic heterocycles. The average Bonchev–Trinajstić information content (AvgIpc) is 2.41.